The van der Waals surface area contributed by atoms with Crippen molar-refractivity contribution in [3.05, 3.63) is 59.2 Å². The normalized spacial score (nSPS) is 11.5. The number of carbonyl (C=O) groups excluding carboxylic acids is 2. The maximum absolute atomic E-state index is 12.6. The average Bonchev–Trinajstić information content (AvgIpc) is 2.67. The second-order valence-electron chi connectivity index (χ2n) is 5.92. The van der Waals surface area contributed by atoms with Crippen LogP contribution in [0.25, 0.3) is 0 Å². The first-order valence-corrected chi connectivity index (χ1v) is 8.76. The van der Waals surface area contributed by atoms with Crippen molar-refractivity contribution >= 4 is 17.6 Å². The number of amides is 1. The molecule has 1 atom stereocenters. The zero-order valence-corrected chi connectivity index (χ0v) is 15.7. The van der Waals surface area contributed by atoms with E-state index in [0.29, 0.717) is 11.3 Å². The molecule has 2 aromatic carbocycles. The number of para-hydroxylation sites is 1. The molecule has 1 N–H and O–H groups in total. The van der Waals surface area contributed by atoms with Gasteiger partial charge >= 0.3 is 5.97 Å². The van der Waals surface area contributed by atoms with Gasteiger partial charge in [-0.15, -0.1) is 0 Å². The second-order valence-corrected chi connectivity index (χ2v) is 5.92. The van der Waals surface area contributed by atoms with E-state index in [1.165, 1.54) is 7.11 Å². The molecule has 0 aliphatic rings. The zero-order valence-electron chi connectivity index (χ0n) is 15.7. The summed E-state index contributed by atoms with van der Waals surface area (Å²) >= 11 is 0. The predicted octanol–water partition coefficient (Wildman–Crippen LogP) is 4.00. The second kappa shape index (κ2) is 9.04. The van der Waals surface area contributed by atoms with Crippen LogP contribution in [0.4, 0.5) is 5.69 Å². The standard InChI is InChI=1S/C21H25NO4/c1-5-15-8-7-9-16(6-2)19(15)22-20(23)17-10-12-18(13-11-17)26-14(3)21(24)25-4/h7-14H,5-6H2,1-4H3,(H,22,23). The van der Waals surface area contributed by atoms with Gasteiger partial charge in [-0.05, 0) is 55.2 Å². The van der Waals surface area contributed by atoms with Crippen LogP contribution in [0.1, 0.15) is 42.3 Å². The maximum Gasteiger partial charge on any atom is 0.346 e. The molecular weight excluding hydrogens is 330 g/mol. The Morgan fingerprint density at radius 2 is 1.58 bits per heavy atom. The Hall–Kier alpha value is -2.82. The van der Waals surface area contributed by atoms with Crippen LogP contribution in [0, 0.1) is 0 Å². The summed E-state index contributed by atoms with van der Waals surface area (Å²) in [6, 6.07) is 12.8. The molecule has 0 fully saturated rings. The Labute approximate surface area is 154 Å². The van der Waals surface area contributed by atoms with Crippen molar-refractivity contribution in [2.24, 2.45) is 0 Å². The molecule has 26 heavy (non-hydrogen) atoms. The lowest BCUT2D eigenvalue weighted by atomic mass is 10.0. The highest BCUT2D eigenvalue weighted by atomic mass is 16.6. The number of rotatable bonds is 7. The third-order valence-electron chi connectivity index (χ3n) is 4.20. The Bertz CT molecular complexity index is 746. The fraction of sp³-hybridized carbons (Fsp3) is 0.333. The van der Waals surface area contributed by atoms with E-state index in [9.17, 15) is 9.59 Å². The molecule has 0 bridgehead atoms. The van der Waals surface area contributed by atoms with E-state index >= 15 is 0 Å². The Morgan fingerprint density at radius 3 is 2.08 bits per heavy atom. The molecule has 1 unspecified atom stereocenters. The number of methoxy groups -OCH3 is 1. The first kappa shape index (κ1) is 19.5. The lowest BCUT2D eigenvalue weighted by molar-refractivity contribution is -0.147. The maximum atomic E-state index is 12.6. The van der Waals surface area contributed by atoms with Gasteiger partial charge in [-0.1, -0.05) is 32.0 Å². The van der Waals surface area contributed by atoms with Crippen molar-refractivity contribution < 1.29 is 19.1 Å². The minimum absolute atomic E-state index is 0.173. The van der Waals surface area contributed by atoms with Crippen LogP contribution in [0.15, 0.2) is 42.5 Å². The summed E-state index contributed by atoms with van der Waals surface area (Å²) < 4.78 is 10.1. The molecule has 0 aromatic heterocycles. The molecule has 0 spiro atoms. The Balaban J connectivity index is 2.13. The first-order chi connectivity index (χ1) is 12.5. The van der Waals surface area contributed by atoms with Gasteiger partial charge in [0.2, 0.25) is 0 Å². The molecule has 0 aliphatic carbocycles. The van der Waals surface area contributed by atoms with E-state index in [1.807, 2.05) is 18.2 Å². The number of ether oxygens (including phenoxy) is 2. The lowest BCUT2D eigenvalue weighted by Crippen LogP contribution is -2.24. The SMILES string of the molecule is CCc1cccc(CC)c1NC(=O)c1ccc(OC(C)C(=O)OC)cc1. The van der Waals surface area contributed by atoms with Crippen molar-refractivity contribution in [3.8, 4) is 5.75 Å². The molecular formula is C21H25NO4. The predicted molar refractivity (Wildman–Crippen MR) is 102 cm³/mol. The third kappa shape index (κ3) is 4.63. The highest BCUT2D eigenvalue weighted by Crippen LogP contribution is 2.24. The van der Waals surface area contributed by atoms with Crippen molar-refractivity contribution in [1.29, 1.82) is 0 Å². The van der Waals surface area contributed by atoms with Crippen LogP contribution < -0.4 is 10.1 Å². The van der Waals surface area contributed by atoms with Gasteiger partial charge in [-0.2, -0.15) is 0 Å². The molecule has 138 valence electrons. The summed E-state index contributed by atoms with van der Waals surface area (Å²) in [4.78, 5) is 24.0. The topological polar surface area (TPSA) is 64.6 Å². The van der Waals surface area contributed by atoms with Gasteiger partial charge in [-0.3, -0.25) is 4.79 Å². The van der Waals surface area contributed by atoms with Crippen molar-refractivity contribution in [1.82, 2.24) is 0 Å². The van der Waals surface area contributed by atoms with Gasteiger partial charge in [-0.25, -0.2) is 4.79 Å². The number of anilines is 1. The minimum Gasteiger partial charge on any atom is -0.479 e. The third-order valence-corrected chi connectivity index (χ3v) is 4.20. The number of nitrogens with one attached hydrogen (secondary N) is 1. The summed E-state index contributed by atoms with van der Waals surface area (Å²) in [5, 5.41) is 3.03. The van der Waals surface area contributed by atoms with Gasteiger partial charge in [0.25, 0.3) is 5.91 Å². The fourth-order valence-electron chi connectivity index (χ4n) is 2.69. The number of carbonyl (C=O) groups is 2. The Kier molecular flexibility index (Phi) is 6.78. The number of hydrogen-bond acceptors (Lipinski definition) is 4. The quantitative estimate of drug-likeness (QED) is 0.762. The highest BCUT2D eigenvalue weighted by molar-refractivity contribution is 6.05. The summed E-state index contributed by atoms with van der Waals surface area (Å²) in [7, 11) is 1.31. The molecule has 0 radical (unpaired) electrons. The van der Waals surface area contributed by atoms with Gasteiger partial charge < -0.3 is 14.8 Å². The van der Waals surface area contributed by atoms with Gasteiger partial charge in [0.1, 0.15) is 5.75 Å². The molecule has 0 saturated heterocycles. The highest BCUT2D eigenvalue weighted by Gasteiger charge is 2.15. The number of aryl methyl sites for hydroxylation is 2. The van der Waals surface area contributed by atoms with Crippen molar-refractivity contribution in [2.45, 2.75) is 39.7 Å². The van der Waals surface area contributed by atoms with Crippen LogP contribution in [0.5, 0.6) is 5.75 Å². The average molecular weight is 355 g/mol. The van der Waals surface area contributed by atoms with Crippen LogP contribution in [0.2, 0.25) is 0 Å². The van der Waals surface area contributed by atoms with E-state index in [1.54, 1.807) is 31.2 Å². The fourth-order valence-corrected chi connectivity index (χ4v) is 2.69. The van der Waals surface area contributed by atoms with Crippen LogP contribution in [-0.4, -0.2) is 25.1 Å². The molecule has 2 aromatic rings. The van der Waals surface area contributed by atoms with E-state index in [-0.39, 0.29) is 5.91 Å². The first-order valence-electron chi connectivity index (χ1n) is 8.76. The van der Waals surface area contributed by atoms with Crippen LogP contribution in [-0.2, 0) is 22.4 Å². The van der Waals surface area contributed by atoms with Crippen LogP contribution in [0.3, 0.4) is 0 Å². The van der Waals surface area contributed by atoms with Crippen molar-refractivity contribution in [3.63, 3.8) is 0 Å². The summed E-state index contributed by atoms with van der Waals surface area (Å²) in [6.07, 6.45) is 0.992. The van der Waals surface area contributed by atoms with Gasteiger partial charge in [0.15, 0.2) is 6.10 Å². The lowest BCUT2D eigenvalue weighted by Gasteiger charge is -2.15. The van der Waals surface area contributed by atoms with Gasteiger partial charge in [0, 0.05) is 11.3 Å². The number of esters is 1. The minimum atomic E-state index is -0.705. The molecule has 5 nitrogen and oxygen atoms in total. The largest absolute Gasteiger partial charge is 0.479 e. The molecule has 1 amide bonds. The number of hydrogen-bond donors (Lipinski definition) is 1. The summed E-state index contributed by atoms with van der Waals surface area (Å²) in [6.45, 7) is 5.75. The van der Waals surface area contributed by atoms with Gasteiger partial charge in [0.05, 0.1) is 7.11 Å². The molecule has 0 saturated carbocycles. The smallest absolute Gasteiger partial charge is 0.346 e. The number of benzene rings is 2. The summed E-state index contributed by atoms with van der Waals surface area (Å²) in [5.74, 6) is -0.120. The Morgan fingerprint density at radius 1 is 1.00 bits per heavy atom. The van der Waals surface area contributed by atoms with E-state index in [4.69, 9.17) is 4.74 Å². The summed E-state index contributed by atoms with van der Waals surface area (Å²) in [5.41, 5.74) is 3.65. The van der Waals surface area contributed by atoms with E-state index in [0.717, 1.165) is 29.7 Å². The zero-order chi connectivity index (χ0) is 19.1. The van der Waals surface area contributed by atoms with Crippen LogP contribution >= 0.6 is 0 Å². The monoisotopic (exact) mass is 355 g/mol. The molecule has 2 rings (SSSR count). The molecule has 0 aliphatic heterocycles. The molecule has 5 heteroatoms. The van der Waals surface area contributed by atoms with E-state index in [2.05, 4.69) is 23.9 Å². The van der Waals surface area contributed by atoms with E-state index < -0.39 is 12.1 Å². The molecule has 0 heterocycles. The van der Waals surface area contributed by atoms with Crippen molar-refractivity contribution in [2.75, 3.05) is 12.4 Å².